The van der Waals surface area contributed by atoms with E-state index in [0.717, 1.165) is 11.8 Å². The van der Waals surface area contributed by atoms with Gasteiger partial charge in [0.1, 0.15) is 12.2 Å². The summed E-state index contributed by atoms with van der Waals surface area (Å²) in [5, 5.41) is 10.7. The van der Waals surface area contributed by atoms with E-state index in [2.05, 4.69) is 39.6 Å². The second kappa shape index (κ2) is 9.34. The SMILES string of the molecule is CCCCCCC(C)NC(=NC)NCc1ncnn1C. The van der Waals surface area contributed by atoms with Crippen LogP contribution in [0.2, 0.25) is 0 Å². The summed E-state index contributed by atoms with van der Waals surface area (Å²) in [6.45, 7) is 5.06. The molecule has 20 heavy (non-hydrogen) atoms. The van der Waals surface area contributed by atoms with E-state index in [1.807, 2.05) is 7.05 Å². The largest absolute Gasteiger partial charge is 0.354 e. The zero-order chi connectivity index (χ0) is 14.8. The molecular weight excluding hydrogens is 252 g/mol. The van der Waals surface area contributed by atoms with Gasteiger partial charge < -0.3 is 10.6 Å². The van der Waals surface area contributed by atoms with Gasteiger partial charge in [0.25, 0.3) is 0 Å². The van der Waals surface area contributed by atoms with Gasteiger partial charge in [0, 0.05) is 20.1 Å². The highest BCUT2D eigenvalue weighted by Gasteiger charge is 2.06. The molecule has 1 heterocycles. The van der Waals surface area contributed by atoms with Crippen LogP contribution in [-0.4, -0.2) is 33.8 Å². The van der Waals surface area contributed by atoms with E-state index < -0.39 is 0 Å². The van der Waals surface area contributed by atoms with Gasteiger partial charge in [0.15, 0.2) is 5.96 Å². The van der Waals surface area contributed by atoms with Gasteiger partial charge in [0.05, 0.1) is 6.54 Å². The van der Waals surface area contributed by atoms with Crippen LogP contribution in [0.1, 0.15) is 51.8 Å². The topological polar surface area (TPSA) is 67.1 Å². The summed E-state index contributed by atoms with van der Waals surface area (Å²) in [4.78, 5) is 8.42. The smallest absolute Gasteiger partial charge is 0.191 e. The molecule has 0 fully saturated rings. The first-order valence-corrected chi connectivity index (χ1v) is 7.47. The van der Waals surface area contributed by atoms with Gasteiger partial charge in [-0.2, -0.15) is 5.10 Å². The molecule has 0 aliphatic rings. The lowest BCUT2D eigenvalue weighted by atomic mass is 10.1. The van der Waals surface area contributed by atoms with Gasteiger partial charge in [-0.1, -0.05) is 32.6 Å². The maximum atomic E-state index is 4.24. The van der Waals surface area contributed by atoms with E-state index in [1.54, 1.807) is 18.1 Å². The molecular formula is C14H28N6. The van der Waals surface area contributed by atoms with Crippen LogP contribution < -0.4 is 10.6 Å². The number of hydrogen-bond donors (Lipinski definition) is 2. The highest BCUT2D eigenvalue weighted by molar-refractivity contribution is 5.79. The number of nitrogens with zero attached hydrogens (tertiary/aromatic N) is 4. The Hall–Kier alpha value is -1.59. The predicted octanol–water partition coefficient (Wildman–Crippen LogP) is 1.84. The van der Waals surface area contributed by atoms with Gasteiger partial charge in [-0.15, -0.1) is 0 Å². The molecule has 6 heteroatoms. The third-order valence-electron chi connectivity index (χ3n) is 3.32. The van der Waals surface area contributed by atoms with Gasteiger partial charge >= 0.3 is 0 Å². The van der Waals surface area contributed by atoms with Crippen LogP contribution in [0.15, 0.2) is 11.3 Å². The fourth-order valence-electron chi connectivity index (χ4n) is 2.02. The Morgan fingerprint density at radius 1 is 1.40 bits per heavy atom. The van der Waals surface area contributed by atoms with Crippen LogP contribution in [0, 0.1) is 0 Å². The van der Waals surface area contributed by atoms with Crippen molar-refractivity contribution in [3.8, 4) is 0 Å². The van der Waals surface area contributed by atoms with Crippen molar-refractivity contribution in [3.05, 3.63) is 12.2 Å². The standard InChI is InChI=1S/C14H28N6/c1-5-6-7-8-9-12(2)19-14(15-3)16-10-13-17-11-18-20(13)4/h11-12H,5-10H2,1-4H3,(H2,15,16,19). The number of hydrogen-bond acceptors (Lipinski definition) is 3. The summed E-state index contributed by atoms with van der Waals surface area (Å²) in [6, 6.07) is 0.428. The van der Waals surface area contributed by atoms with Crippen molar-refractivity contribution in [2.45, 2.75) is 58.5 Å². The number of nitrogens with one attached hydrogen (secondary N) is 2. The lowest BCUT2D eigenvalue weighted by Gasteiger charge is -2.17. The monoisotopic (exact) mass is 280 g/mol. The highest BCUT2D eigenvalue weighted by atomic mass is 15.3. The lowest BCUT2D eigenvalue weighted by molar-refractivity contribution is 0.535. The Kier molecular flexibility index (Phi) is 7.69. The molecule has 0 bridgehead atoms. The quantitative estimate of drug-likeness (QED) is 0.433. The van der Waals surface area contributed by atoms with Crippen molar-refractivity contribution in [2.75, 3.05) is 7.05 Å². The molecule has 1 aromatic heterocycles. The number of rotatable bonds is 8. The van der Waals surface area contributed by atoms with Crippen LogP contribution >= 0.6 is 0 Å². The maximum Gasteiger partial charge on any atom is 0.191 e. The minimum atomic E-state index is 0.428. The minimum absolute atomic E-state index is 0.428. The molecule has 0 amide bonds. The van der Waals surface area contributed by atoms with Crippen molar-refractivity contribution in [1.29, 1.82) is 0 Å². The molecule has 114 valence electrons. The first kappa shape index (κ1) is 16.5. The molecule has 0 aliphatic heterocycles. The average Bonchev–Trinajstić information content (AvgIpc) is 2.85. The van der Waals surface area contributed by atoms with E-state index in [4.69, 9.17) is 0 Å². The Bertz CT molecular complexity index is 398. The lowest BCUT2D eigenvalue weighted by Crippen LogP contribution is -2.42. The second-order valence-electron chi connectivity index (χ2n) is 5.12. The molecule has 0 saturated heterocycles. The molecule has 1 aromatic rings. The maximum absolute atomic E-state index is 4.24. The molecule has 6 nitrogen and oxygen atoms in total. The van der Waals surface area contributed by atoms with Crippen LogP contribution in [0.4, 0.5) is 0 Å². The summed E-state index contributed by atoms with van der Waals surface area (Å²) in [5.41, 5.74) is 0. The first-order chi connectivity index (χ1) is 9.67. The zero-order valence-corrected chi connectivity index (χ0v) is 13.2. The fraction of sp³-hybridized carbons (Fsp3) is 0.786. The number of unbranched alkanes of at least 4 members (excludes halogenated alkanes) is 3. The molecule has 0 aromatic carbocycles. The average molecular weight is 280 g/mol. The van der Waals surface area contributed by atoms with Gasteiger partial charge in [0.2, 0.25) is 0 Å². The van der Waals surface area contributed by atoms with Crippen molar-refractivity contribution < 1.29 is 0 Å². The normalized spacial score (nSPS) is 13.3. The highest BCUT2D eigenvalue weighted by Crippen LogP contribution is 2.05. The van der Waals surface area contributed by atoms with E-state index >= 15 is 0 Å². The molecule has 1 atom stereocenters. The van der Waals surface area contributed by atoms with E-state index in [9.17, 15) is 0 Å². The summed E-state index contributed by atoms with van der Waals surface area (Å²) >= 11 is 0. The fourth-order valence-corrected chi connectivity index (χ4v) is 2.02. The summed E-state index contributed by atoms with van der Waals surface area (Å²) < 4.78 is 1.76. The predicted molar refractivity (Wildman–Crippen MR) is 82.6 cm³/mol. The molecule has 0 saturated carbocycles. The number of guanidine groups is 1. The third kappa shape index (κ3) is 6.04. The van der Waals surface area contributed by atoms with E-state index in [1.165, 1.54) is 32.1 Å². The van der Waals surface area contributed by atoms with E-state index in [-0.39, 0.29) is 0 Å². The second-order valence-corrected chi connectivity index (χ2v) is 5.12. The van der Waals surface area contributed by atoms with Gasteiger partial charge in [-0.25, -0.2) is 4.98 Å². The Morgan fingerprint density at radius 3 is 2.80 bits per heavy atom. The summed E-state index contributed by atoms with van der Waals surface area (Å²) in [6.07, 6.45) is 7.92. The van der Waals surface area contributed by atoms with Crippen molar-refractivity contribution in [2.24, 2.45) is 12.0 Å². The Balaban J connectivity index is 2.27. The Morgan fingerprint density at radius 2 is 2.20 bits per heavy atom. The molecule has 0 spiro atoms. The van der Waals surface area contributed by atoms with Crippen molar-refractivity contribution in [3.63, 3.8) is 0 Å². The summed E-state index contributed by atoms with van der Waals surface area (Å²) in [7, 11) is 3.67. The van der Waals surface area contributed by atoms with Crippen LogP contribution in [0.3, 0.4) is 0 Å². The summed E-state index contributed by atoms with van der Waals surface area (Å²) in [5.74, 6) is 1.71. The third-order valence-corrected chi connectivity index (χ3v) is 3.32. The van der Waals surface area contributed by atoms with E-state index in [0.29, 0.717) is 12.6 Å². The molecule has 1 unspecified atom stereocenters. The first-order valence-electron chi connectivity index (χ1n) is 7.47. The molecule has 2 N–H and O–H groups in total. The van der Waals surface area contributed by atoms with Gasteiger partial charge in [-0.3, -0.25) is 9.67 Å². The van der Waals surface area contributed by atoms with Crippen LogP contribution in [-0.2, 0) is 13.6 Å². The number of aliphatic imine (C=N–C) groups is 1. The Labute approximate surface area is 122 Å². The number of aryl methyl sites for hydroxylation is 1. The van der Waals surface area contributed by atoms with Crippen LogP contribution in [0.25, 0.3) is 0 Å². The molecule has 0 radical (unpaired) electrons. The number of aromatic nitrogens is 3. The minimum Gasteiger partial charge on any atom is -0.354 e. The molecule has 0 aliphatic carbocycles. The van der Waals surface area contributed by atoms with Gasteiger partial charge in [-0.05, 0) is 13.3 Å². The molecule has 1 rings (SSSR count). The van der Waals surface area contributed by atoms with Crippen molar-refractivity contribution in [1.82, 2.24) is 25.4 Å². The van der Waals surface area contributed by atoms with Crippen LogP contribution in [0.5, 0.6) is 0 Å². The van der Waals surface area contributed by atoms with Crippen molar-refractivity contribution >= 4 is 5.96 Å². The zero-order valence-electron chi connectivity index (χ0n) is 13.2.